The van der Waals surface area contributed by atoms with Crippen molar-refractivity contribution in [2.24, 2.45) is 5.14 Å². The SMILES string of the molecule is CSc1ccc(-c2cc(C(F)F)nn2-c2ccc(S(N)(=O)=O)c(CO)c2)cc1C. The molecule has 0 spiro atoms. The van der Waals surface area contributed by atoms with Crippen LogP contribution in [-0.2, 0) is 16.6 Å². The van der Waals surface area contributed by atoms with E-state index in [1.165, 1.54) is 28.9 Å². The number of benzene rings is 2. The molecule has 0 saturated carbocycles. The number of thioether (sulfide) groups is 1. The number of nitrogens with two attached hydrogens (primary N) is 1. The fourth-order valence-corrected chi connectivity index (χ4v) is 4.38. The number of nitrogens with zero attached hydrogens (tertiary/aromatic N) is 2. The zero-order valence-corrected chi connectivity index (χ0v) is 17.3. The van der Waals surface area contributed by atoms with Gasteiger partial charge in [-0.05, 0) is 60.7 Å². The summed E-state index contributed by atoms with van der Waals surface area (Å²) < 4.78 is 51.4. The second-order valence-corrected chi connectivity index (χ2v) is 8.72. The molecule has 3 N–H and O–H groups in total. The van der Waals surface area contributed by atoms with Crippen LogP contribution in [0.25, 0.3) is 16.9 Å². The average Bonchev–Trinajstić information content (AvgIpc) is 3.12. The summed E-state index contributed by atoms with van der Waals surface area (Å²) >= 11 is 1.58. The Morgan fingerprint density at radius 3 is 2.48 bits per heavy atom. The highest BCUT2D eigenvalue weighted by atomic mass is 32.2. The van der Waals surface area contributed by atoms with Gasteiger partial charge in [0, 0.05) is 10.5 Å². The van der Waals surface area contributed by atoms with Gasteiger partial charge in [-0.1, -0.05) is 6.07 Å². The Morgan fingerprint density at radius 2 is 1.93 bits per heavy atom. The Kier molecular flexibility index (Phi) is 6.08. The molecule has 154 valence electrons. The van der Waals surface area contributed by atoms with Crippen molar-refractivity contribution in [3.8, 4) is 16.9 Å². The highest BCUT2D eigenvalue weighted by molar-refractivity contribution is 7.98. The maximum Gasteiger partial charge on any atom is 0.282 e. The van der Waals surface area contributed by atoms with E-state index in [-0.39, 0.29) is 10.5 Å². The number of hydrogen-bond acceptors (Lipinski definition) is 5. The third-order valence-electron chi connectivity index (χ3n) is 4.41. The molecule has 0 bridgehead atoms. The lowest BCUT2D eigenvalue weighted by Gasteiger charge is -2.12. The first-order chi connectivity index (χ1) is 13.7. The summed E-state index contributed by atoms with van der Waals surface area (Å²) in [7, 11) is -4.04. The van der Waals surface area contributed by atoms with Crippen molar-refractivity contribution in [1.29, 1.82) is 0 Å². The van der Waals surface area contributed by atoms with Crippen LogP contribution in [0.1, 0.15) is 23.2 Å². The van der Waals surface area contributed by atoms with Gasteiger partial charge in [-0.2, -0.15) is 5.10 Å². The molecular formula is C19H19F2N3O3S2. The van der Waals surface area contributed by atoms with Gasteiger partial charge in [0.25, 0.3) is 6.43 Å². The number of aromatic nitrogens is 2. The molecule has 1 heterocycles. The lowest BCUT2D eigenvalue weighted by atomic mass is 10.1. The molecule has 0 fully saturated rings. The van der Waals surface area contributed by atoms with E-state index in [1.54, 1.807) is 11.8 Å². The second-order valence-electron chi connectivity index (χ2n) is 6.35. The third-order valence-corrected chi connectivity index (χ3v) is 6.32. The lowest BCUT2D eigenvalue weighted by molar-refractivity contribution is 0.145. The summed E-state index contributed by atoms with van der Waals surface area (Å²) in [6.45, 7) is 1.34. The summed E-state index contributed by atoms with van der Waals surface area (Å²) in [5.74, 6) is 0. The molecule has 1 aromatic heterocycles. The zero-order valence-electron chi connectivity index (χ0n) is 15.6. The van der Waals surface area contributed by atoms with Gasteiger partial charge < -0.3 is 5.11 Å². The number of aliphatic hydroxyl groups is 1. The van der Waals surface area contributed by atoms with Crippen LogP contribution in [0.2, 0.25) is 0 Å². The van der Waals surface area contributed by atoms with Gasteiger partial charge >= 0.3 is 0 Å². The summed E-state index contributed by atoms with van der Waals surface area (Å²) in [5.41, 5.74) is 2.06. The van der Waals surface area contributed by atoms with E-state index in [9.17, 15) is 22.3 Å². The van der Waals surface area contributed by atoms with Crippen LogP contribution in [0.15, 0.2) is 52.3 Å². The normalized spacial score (nSPS) is 12.0. The van der Waals surface area contributed by atoms with Gasteiger partial charge in [0.15, 0.2) is 0 Å². The average molecular weight is 440 g/mol. The summed E-state index contributed by atoms with van der Waals surface area (Å²) in [4.78, 5) is 0.834. The highest BCUT2D eigenvalue weighted by Crippen LogP contribution is 2.32. The summed E-state index contributed by atoms with van der Waals surface area (Å²) in [5, 5.41) is 18.7. The summed E-state index contributed by atoms with van der Waals surface area (Å²) in [6.07, 6.45) is -0.826. The fraction of sp³-hybridized carbons (Fsp3) is 0.211. The number of aryl methyl sites for hydroxylation is 1. The van der Waals surface area contributed by atoms with Crippen LogP contribution in [-0.4, -0.2) is 29.6 Å². The van der Waals surface area contributed by atoms with Crippen LogP contribution in [0.3, 0.4) is 0 Å². The van der Waals surface area contributed by atoms with Crippen LogP contribution in [0.5, 0.6) is 0 Å². The molecular weight excluding hydrogens is 420 g/mol. The molecule has 6 nitrogen and oxygen atoms in total. The highest BCUT2D eigenvalue weighted by Gasteiger charge is 2.20. The molecule has 2 aromatic carbocycles. The maximum atomic E-state index is 13.3. The van der Waals surface area contributed by atoms with Crippen molar-refractivity contribution >= 4 is 21.8 Å². The standard InChI is InChI=1S/C19H19F2N3O3S2/c1-11-7-12(3-5-17(11)28-2)16-9-15(19(20)21)23-24(16)14-4-6-18(29(22,26)27)13(8-14)10-25/h3-9,19,25H,10H2,1-2H3,(H2,22,26,27). The van der Waals surface area contributed by atoms with E-state index in [1.807, 2.05) is 31.4 Å². The minimum atomic E-state index is -4.04. The minimum absolute atomic E-state index is 0.0546. The molecule has 29 heavy (non-hydrogen) atoms. The molecule has 3 rings (SSSR count). The number of hydrogen-bond donors (Lipinski definition) is 2. The third kappa shape index (κ3) is 4.35. The smallest absolute Gasteiger partial charge is 0.282 e. The Balaban J connectivity index is 2.21. The monoisotopic (exact) mass is 439 g/mol. The zero-order chi connectivity index (χ0) is 21.3. The Bertz CT molecular complexity index is 1160. The van der Waals surface area contributed by atoms with E-state index in [2.05, 4.69) is 5.10 Å². The van der Waals surface area contributed by atoms with Crippen LogP contribution in [0.4, 0.5) is 8.78 Å². The number of rotatable bonds is 6. The number of aliphatic hydroxyl groups excluding tert-OH is 1. The van der Waals surface area contributed by atoms with E-state index in [0.717, 1.165) is 10.5 Å². The molecule has 0 radical (unpaired) electrons. The molecule has 0 unspecified atom stereocenters. The molecule has 0 atom stereocenters. The van der Waals surface area contributed by atoms with Crippen molar-refractivity contribution in [3.05, 3.63) is 59.3 Å². The van der Waals surface area contributed by atoms with E-state index < -0.39 is 28.7 Å². The van der Waals surface area contributed by atoms with Crippen LogP contribution >= 0.6 is 11.8 Å². The number of primary sulfonamides is 1. The predicted octanol–water partition coefficient (Wildman–Crippen LogP) is 3.65. The molecule has 0 amide bonds. The molecule has 0 aliphatic rings. The van der Waals surface area contributed by atoms with Crippen molar-refractivity contribution < 1.29 is 22.3 Å². The van der Waals surface area contributed by atoms with Crippen molar-refractivity contribution in [2.45, 2.75) is 29.7 Å². The van der Waals surface area contributed by atoms with Crippen molar-refractivity contribution in [3.63, 3.8) is 0 Å². The quantitative estimate of drug-likeness (QED) is 0.572. The number of alkyl halides is 2. The second kappa shape index (κ2) is 8.23. The molecule has 10 heteroatoms. The number of halogens is 2. The molecule has 0 saturated heterocycles. The van der Waals surface area contributed by atoms with Gasteiger partial charge in [-0.3, -0.25) is 0 Å². The van der Waals surface area contributed by atoms with Crippen molar-refractivity contribution in [2.75, 3.05) is 6.26 Å². The lowest BCUT2D eigenvalue weighted by Crippen LogP contribution is -2.15. The molecule has 0 aliphatic heterocycles. The van der Waals surface area contributed by atoms with Gasteiger partial charge in [0.1, 0.15) is 5.69 Å². The Hall–Kier alpha value is -2.27. The van der Waals surface area contributed by atoms with Gasteiger partial charge in [0.2, 0.25) is 10.0 Å². The van der Waals surface area contributed by atoms with Crippen molar-refractivity contribution in [1.82, 2.24) is 9.78 Å². The first-order valence-electron chi connectivity index (χ1n) is 8.45. The molecule has 0 aliphatic carbocycles. The van der Waals surface area contributed by atoms with Gasteiger partial charge in [-0.25, -0.2) is 27.0 Å². The predicted molar refractivity (Wildman–Crippen MR) is 108 cm³/mol. The molecule has 3 aromatic rings. The first kappa shape index (κ1) is 21.4. The fourth-order valence-electron chi connectivity index (χ4n) is 3.04. The van der Waals surface area contributed by atoms with Gasteiger partial charge in [-0.15, -0.1) is 11.8 Å². The van der Waals surface area contributed by atoms with Crippen LogP contribution in [0, 0.1) is 6.92 Å². The Labute approximate surface area is 171 Å². The Morgan fingerprint density at radius 1 is 1.21 bits per heavy atom. The maximum absolute atomic E-state index is 13.3. The van der Waals surface area contributed by atoms with Gasteiger partial charge in [0.05, 0.1) is 22.9 Å². The number of sulfonamides is 1. The van der Waals surface area contributed by atoms with E-state index >= 15 is 0 Å². The van der Waals surface area contributed by atoms with Crippen LogP contribution < -0.4 is 5.14 Å². The first-order valence-corrected chi connectivity index (χ1v) is 11.2. The van der Waals surface area contributed by atoms with E-state index in [0.29, 0.717) is 16.9 Å². The van der Waals surface area contributed by atoms with E-state index in [4.69, 9.17) is 5.14 Å². The topological polar surface area (TPSA) is 98.2 Å². The largest absolute Gasteiger partial charge is 0.392 e. The minimum Gasteiger partial charge on any atom is -0.392 e. The summed E-state index contributed by atoms with van der Waals surface area (Å²) in [6, 6.07) is 10.9.